The molecule has 8 rings (SSSR count). The smallest absolute Gasteiger partial charge is 0.0668 e. The fourth-order valence-electron chi connectivity index (χ4n) is 5.61. The third-order valence-electron chi connectivity index (χ3n) is 8.12. The van der Waals surface area contributed by atoms with E-state index in [2.05, 4.69) is 109 Å². The second-order valence-electron chi connectivity index (χ2n) is 12.4. The van der Waals surface area contributed by atoms with Crippen molar-refractivity contribution in [2.24, 2.45) is 0 Å². The SMILES string of the molecule is CC(C)(C)c1ccnc(-c2[c-]cccc2)c1.[B].[Ir].[Y].[c-]1ccc(-c2[c-]cc3ccccc3c2)[c-]c1-c1nc2ccccc2n1-c1ccccc1. The molecule has 0 amide bonds. The summed E-state index contributed by atoms with van der Waals surface area (Å²) in [6.07, 6.45) is 1.87. The van der Waals surface area contributed by atoms with Gasteiger partial charge in [0, 0.05) is 73.1 Å². The number of nitrogens with zero attached hydrogens (tertiary/aromatic N) is 3. The molecule has 6 aromatic carbocycles. The van der Waals surface area contributed by atoms with Crippen molar-refractivity contribution >= 4 is 30.2 Å². The zero-order valence-corrected chi connectivity index (χ0v) is 33.4. The van der Waals surface area contributed by atoms with Gasteiger partial charge in [-0.1, -0.05) is 86.8 Å². The van der Waals surface area contributed by atoms with E-state index in [1.54, 1.807) is 0 Å². The Hall–Kier alpha value is -3.98. The normalized spacial score (nSPS) is 10.6. The van der Waals surface area contributed by atoms with Gasteiger partial charge in [-0.15, -0.1) is 59.5 Å². The average Bonchev–Trinajstić information content (AvgIpc) is 3.52. The molecule has 2 heterocycles. The number of hydrogen-bond donors (Lipinski definition) is 0. The Balaban J connectivity index is 0.000000254. The van der Waals surface area contributed by atoms with E-state index in [-0.39, 0.29) is 66.6 Å². The fraction of sp³-hybridized carbons (Fsp3) is 0.0909. The van der Waals surface area contributed by atoms with Crippen LogP contribution < -0.4 is 0 Å². The summed E-state index contributed by atoms with van der Waals surface area (Å²) in [4.78, 5) is 9.33. The summed E-state index contributed by atoms with van der Waals surface area (Å²) in [5.74, 6) is 0.829. The molecule has 0 atom stereocenters. The van der Waals surface area contributed by atoms with Crippen molar-refractivity contribution in [3.8, 4) is 39.5 Å². The van der Waals surface area contributed by atoms with Gasteiger partial charge in [0.1, 0.15) is 0 Å². The molecule has 50 heavy (non-hydrogen) atoms. The van der Waals surface area contributed by atoms with Crippen molar-refractivity contribution < 1.29 is 52.8 Å². The summed E-state index contributed by atoms with van der Waals surface area (Å²) in [6, 6.07) is 60.7. The Kier molecular flexibility index (Phi) is 13.4. The van der Waals surface area contributed by atoms with Crippen LogP contribution in [0.1, 0.15) is 26.3 Å². The van der Waals surface area contributed by atoms with E-state index in [9.17, 15) is 0 Å². The maximum absolute atomic E-state index is 4.93. The minimum atomic E-state index is 0. The average molecular weight is 896 g/mol. The molecule has 0 aliphatic rings. The van der Waals surface area contributed by atoms with Crippen molar-refractivity contribution in [2.75, 3.05) is 0 Å². The minimum Gasteiger partial charge on any atom is -0.374 e. The predicted molar refractivity (Wildman–Crippen MR) is 199 cm³/mol. The van der Waals surface area contributed by atoms with Gasteiger partial charge in [-0.2, -0.15) is 5.56 Å². The first-order chi connectivity index (χ1) is 22.9. The largest absolute Gasteiger partial charge is 0.374 e. The van der Waals surface area contributed by atoms with Crippen LogP contribution >= 0.6 is 0 Å². The van der Waals surface area contributed by atoms with Gasteiger partial charge in [0.15, 0.2) is 0 Å². The fourth-order valence-corrected chi connectivity index (χ4v) is 5.61. The van der Waals surface area contributed by atoms with Crippen LogP contribution in [0.25, 0.3) is 61.3 Å². The maximum Gasteiger partial charge on any atom is 0.0668 e. The molecular weight excluding hydrogens is 862 g/mol. The van der Waals surface area contributed by atoms with Crippen molar-refractivity contribution in [2.45, 2.75) is 26.2 Å². The van der Waals surface area contributed by atoms with E-state index >= 15 is 0 Å². The monoisotopic (exact) mass is 896 g/mol. The first kappa shape index (κ1) is 38.8. The van der Waals surface area contributed by atoms with Gasteiger partial charge in [0.05, 0.1) is 11.0 Å². The summed E-state index contributed by atoms with van der Waals surface area (Å²) in [5, 5.41) is 2.37. The molecule has 8 aromatic rings. The van der Waals surface area contributed by atoms with Crippen LogP contribution in [-0.2, 0) is 58.2 Å². The van der Waals surface area contributed by atoms with Gasteiger partial charge in [0.2, 0.25) is 0 Å². The zero-order chi connectivity index (χ0) is 32.2. The van der Waals surface area contributed by atoms with Gasteiger partial charge in [-0.05, 0) is 52.8 Å². The van der Waals surface area contributed by atoms with Gasteiger partial charge >= 0.3 is 0 Å². The Morgan fingerprint density at radius 2 is 1.36 bits per heavy atom. The number of pyridine rings is 1. The third kappa shape index (κ3) is 8.65. The van der Waals surface area contributed by atoms with E-state index in [0.717, 1.165) is 50.5 Å². The Bertz CT molecular complexity index is 2300. The van der Waals surface area contributed by atoms with Crippen molar-refractivity contribution in [1.29, 1.82) is 0 Å². The molecule has 6 heteroatoms. The Morgan fingerprint density at radius 1 is 0.640 bits per heavy atom. The molecule has 0 bridgehead atoms. The van der Waals surface area contributed by atoms with E-state index in [0.29, 0.717) is 0 Å². The van der Waals surface area contributed by atoms with E-state index in [4.69, 9.17) is 4.98 Å². The summed E-state index contributed by atoms with van der Waals surface area (Å²) >= 11 is 0. The van der Waals surface area contributed by atoms with E-state index in [1.165, 1.54) is 16.3 Å². The van der Waals surface area contributed by atoms with Crippen LogP contribution in [0.2, 0.25) is 0 Å². The van der Waals surface area contributed by atoms with Gasteiger partial charge in [-0.3, -0.25) is 23.3 Å². The van der Waals surface area contributed by atoms with E-state index in [1.807, 2.05) is 91.1 Å². The van der Waals surface area contributed by atoms with Crippen molar-refractivity contribution in [1.82, 2.24) is 14.5 Å². The molecule has 0 saturated heterocycles. The van der Waals surface area contributed by atoms with Crippen LogP contribution in [0.4, 0.5) is 0 Å². The van der Waals surface area contributed by atoms with E-state index < -0.39 is 0 Å². The predicted octanol–water partition coefficient (Wildman–Crippen LogP) is 10.4. The molecule has 0 fully saturated rings. The number of hydrogen-bond acceptors (Lipinski definition) is 2. The quantitative estimate of drug-likeness (QED) is 0.130. The van der Waals surface area contributed by atoms with Crippen LogP contribution in [0.15, 0.2) is 146 Å². The second-order valence-corrected chi connectivity index (χ2v) is 12.4. The summed E-state index contributed by atoms with van der Waals surface area (Å²) in [6.45, 7) is 6.63. The van der Waals surface area contributed by atoms with Crippen LogP contribution in [0.3, 0.4) is 0 Å². The molecule has 0 aliphatic carbocycles. The van der Waals surface area contributed by atoms with Crippen LogP contribution in [-0.4, -0.2) is 22.9 Å². The molecule has 3 nitrogen and oxygen atoms in total. The zero-order valence-electron chi connectivity index (χ0n) is 28.2. The van der Waals surface area contributed by atoms with Crippen LogP contribution in [0.5, 0.6) is 0 Å². The number of rotatable bonds is 4. The van der Waals surface area contributed by atoms with Gasteiger partial charge < -0.3 is 20.6 Å². The first-order valence-corrected chi connectivity index (χ1v) is 15.8. The molecule has 0 unspecified atom stereocenters. The van der Waals surface area contributed by atoms with Crippen molar-refractivity contribution in [3.05, 3.63) is 176 Å². The molecule has 5 radical (unpaired) electrons. The maximum atomic E-state index is 4.93. The molecule has 0 spiro atoms. The Morgan fingerprint density at radius 3 is 2.12 bits per heavy atom. The summed E-state index contributed by atoms with van der Waals surface area (Å²) in [5.41, 5.74) is 9.40. The Labute approximate surface area is 336 Å². The number of fused-ring (bicyclic) bond motifs is 2. The number of benzene rings is 6. The topological polar surface area (TPSA) is 30.7 Å². The molecule has 243 valence electrons. The molecule has 2 aromatic heterocycles. The molecular formula is C44H33BIrN3Y-4. The summed E-state index contributed by atoms with van der Waals surface area (Å²) < 4.78 is 2.17. The number of para-hydroxylation sites is 3. The van der Waals surface area contributed by atoms with Gasteiger partial charge in [0.25, 0.3) is 0 Å². The second kappa shape index (κ2) is 17.3. The molecule has 0 aliphatic heterocycles. The number of imidazole rings is 1. The third-order valence-corrected chi connectivity index (χ3v) is 8.12. The first-order valence-electron chi connectivity index (χ1n) is 15.8. The van der Waals surface area contributed by atoms with Crippen molar-refractivity contribution in [3.63, 3.8) is 0 Å². The molecule has 0 N–H and O–H groups in total. The van der Waals surface area contributed by atoms with Crippen LogP contribution in [0, 0.1) is 24.3 Å². The van der Waals surface area contributed by atoms with Gasteiger partial charge in [-0.25, -0.2) is 6.07 Å². The standard InChI is InChI=1S/C29H17N2.C15H16N.B.Ir.Y/c1-2-13-26(14-3-1)31-28-16-7-6-15-27(28)30-29(31)25-12-8-11-23(20-25)24-18-17-21-9-4-5-10-22(21)19-24;1-15(2,3)13-9-10-16-14(11-13)12-7-5-4-6-8-12;;;/h1-11,13-17,19H;4-7,9-11H,1-3H3;;;/q-3;-1;;;. The summed E-state index contributed by atoms with van der Waals surface area (Å²) in [7, 11) is 0. The minimum absolute atomic E-state index is 0. The number of aromatic nitrogens is 3. The molecule has 0 saturated carbocycles.